The van der Waals surface area contributed by atoms with Crippen molar-refractivity contribution in [3.63, 3.8) is 0 Å². The Balaban J connectivity index is 1.20. The Bertz CT molecular complexity index is 2930. The second-order valence-electron chi connectivity index (χ2n) is 14.5. The molecule has 0 saturated carbocycles. The SMILES string of the molecule is c1ccc(-c2cc(-c3ccccc3)cc(N(c3ccc(-c4cc5ccccc5c5ccccc45)cc3)c3ccccc3-c3ccccc3-c3ccccc3)c2)cc1. The van der Waals surface area contributed by atoms with Gasteiger partial charge in [0.25, 0.3) is 0 Å². The summed E-state index contributed by atoms with van der Waals surface area (Å²) in [5, 5.41) is 5.05. The van der Waals surface area contributed by atoms with Gasteiger partial charge in [0.15, 0.2) is 0 Å². The molecule has 57 heavy (non-hydrogen) atoms. The van der Waals surface area contributed by atoms with Crippen LogP contribution in [0.1, 0.15) is 0 Å². The Morgan fingerprint density at radius 1 is 0.228 bits per heavy atom. The van der Waals surface area contributed by atoms with Crippen molar-refractivity contribution in [3.05, 3.63) is 237 Å². The predicted octanol–water partition coefficient (Wildman–Crippen LogP) is 15.8. The minimum Gasteiger partial charge on any atom is -0.310 e. The minimum absolute atomic E-state index is 1.08. The molecule has 268 valence electrons. The van der Waals surface area contributed by atoms with Gasteiger partial charge in [-0.3, -0.25) is 0 Å². The first-order chi connectivity index (χ1) is 28.3. The molecule has 0 unspecified atom stereocenters. The lowest BCUT2D eigenvalue weighted by Gasteiger charge is -2.29. The number of benzene rings is 10. The molecular formula is C56H39N. The lowest BCUT2D eigenvalue weighted by atomic mass is 9.92. The fraction of sp³-hybridized carbons (Fsp3) is 0. The Hall–Kier alpha value is -7.48. The maximum atomic E-state index is 2.44. The molecule has 10 aromatic rings. The Morgan fingerprint density at radius 2 is 0.702 bits per heavy atom. The predicted molar refractivity (Wildman–Crippen MR) is 243 cm³/mol. The highest BCUT2D eigenvalue weighted by Crippen LogP contribution is 2.46. The number of anilines is 3. The molecule has 0 aliphatic heterocycles. The lowest BCUT2D eigenvalue weighted by Crippen LogP contribution is -2.12. The van der Waals surface area contributed by atoms with E-state index in [-0.39, 0.29) is 0 Å². The van der Waals surface area contributed by atoms with Gasteiger partial charge in [0.1, 0.15) is 0 Å². The molecule has 0 fully saturated rings. The van der Waals surface area contributed by atoms with Crippen molar-refractivity contribution in [3.8, 4) is 55.6 Å². The number of para-hydroxylation sites is 1. The zero-order valence-electron chi connectivity index (χ0n) is 31.5. The first-order valence-electron chi connectivity index (χ1n) is 19.6. The molecule has 0 aliphatic rings. The van der Waals surface area contributed by atoms with E-state index >= 15 is 0 Å². The molecule has 10 rings (SSSR count). The average molecular weight is 726 g/mol. The van der Waals surface area contributed by atoms with E-state index in [0.717, 1.165) is 22.6 Å². The van der Waals surface area contributed by atoms with Gasteiger partial charge in [0.05, 0.1) is 5.69 Å². The van der Waals surface area contributed by atoms with E-state index in [1.54, 1.807) is 0 Å². The van der Waals surface area contributed by atoms with Crippen LogP contribution in [0.4, 0.5) is 17.1 Å². The normalized spacial score (nSPS) is 11.2. The first-order valence-corrected chi connectivity index (χ1v) is 19.6. The molecular weight excluding hydrogens is 687 g/mol. The summed E-state index contributed by atoms with van der Waals surface area (Å²) in [5.41, 5.74) is 15.1. The van der Waals surface area contributed by atoms with Crippen LogP contribution in [-0.2, 0) is 0 Å². The summed E-state index contributed by atoms with van der Waals surface area (Å²) in [6.07, 6.45) is 0. The van der Waals surface area contributed by atoms with Crippen molar-refractivity contribution < 1.29 is 0 Å². The van der Waals surface area contributed by atoms with Gasteiger partial charge in [-0.15, -0.1) is 0 Å². The molecule has 0 atom stereocenters. The fourth-order valence-electron chi connectivity index (χ4n) is 8.33. The van der Waals surface area contributed by atoms with Gasteiger partial charge >= 0.3 is 0 Å². The van der Waals surface area contributed by atoms with Gasteiger partial charge in [-0.25, -0.2) is 0 Å². The molecule has 0 radical (unpaired) electrons. The molecule has 0 spiro atoms. The van der Waals surface area contributed by atoms with Crippen LogP contribution in [0.5, 0.6) is 0 Å². The zero-order chi connectivity index (χ0) is 38.0. The van der Waals surface area contributed by atoms with Crippen molar-refractivity contribution in [1.82, 2.24) is 0 Å². The molecule has 0 aliphatic carbocycles. The molecule has 1 heteroatoms. The molecule has 0 amide bonds. The Kier molecular flexibility index (Phi) is 8.95. The largest absolute Gasteiger partial charge is 0.310 e. The van der Waals surface area contributed by atoms with Gasteiger partial charge in [-0.05, 0) is 114 Å². The molecule has 0 saturated heterocycles. The standard InChI is InChI=1S/C56H39N/c1-4-18-40(19-5-1)45-36-46(41-20-6-2-7-21-41)38-48(37-45)57(56-31-17-16-30-54(56)52-28-13-12-25-49(52)42-22-8-3-9-23-42)47-34-32-43(33-35-47)55-39-44-24-10-11-26-50(44)51-27-14-15-29-53(51)55/h1-39H. The second-order valence-corrected chi connectivity index (χ2v) is 14.5. The maximum Gasteiger partial charge on any atom is 0.0540 e. The minimum atomic E-state index is 1.08. The first kappa shape index (κ1) is 34.0. The third kappa shape index (κ3) is 6.56. The van der Waals surface area contributed by atoms with Gasteiger partial charge in [0.2, 0.25) is 0 Å². The van der Waals surface area contributed by atoms with Crippen molar-refractivity contribution in [2.24, 2.45) is 0 Å². The van der Waals surface area contributed by atoms with Crippen LogP contribution in [-0.4, -0.2) is 0 Å². The summed E-state index contributed by atoms with van der Waals surface area (Å²) in [7, 11) is 0. The molecule has 0 N–H and O–H groups in total. The topological polar surface area (TPSA) is 3.24 Å². The van der Waals surface area contributed by atoms with E-state index in [9.17, 15) is 0 Å². The quantitative estimate of drug-likeness (QED) is 0.141. The highest BCUT2D eigenvalue weighted by atomic mass is 15.1. The molecule has 1 nitrogen and oxygen atoms in total. The van der Waals surface area contributed by atoms with Crippen molar-refractivity contribution in [2.45, 2.75) is 0 Å². The maximum absolute atomic E-state index is 2.44. The molecule has 0 aromatic heterocycles. The van der Waals surface area contributed by atoms with E-state index in [2.05, 4.69) is 241 Å². The van der Waals surface area contributed by atoms with Gasteiger partial charge in [-0.2, -0.15) is 0 Å². The second kappa shape index (κ2) is 15.0. The summed E-state index contributed by atoms with van der Waals surface area (Å²) in [6.45, 7) is 0. The van der Waals surface area contributed by atoms with E-state index in [4.69, 9.17) is 0 Å². The Morgan fingerprint density at radius 3 is 1.35 bits per heavy atom. The highest BCUT2D eigenvalue weighted by Gasteiger charge is 2.21. The van der Waals surface area contributed by atoms with Crippen LogP contribution in [0.3, 0.4) is 0 Å². The van der Waals surface area contributed by atoms with Crippen LogP contribution in [0.25, 0.3) is 77.2 Å². The number of hydrogen-bond acceptors (Lipinski definition) is 1. The monoisotopic (exact) mass is 725 g/mol. The van der Waals surface area contributed by atoms with Crippen LogP contribution < -0.4 is 4.90 Å². The van der Waals surface area contributed by atoms with Crippen LogP contribution >= 0.6 is 0 Å². The smallest absolute Gasteiger partial charge is 0.0540 e. The lowest BCUT2D eigenvalue weighted by molar-refractivity contribution is 1.28. The number of nitrogens with zero attached hydrogens (tertiary/aromatic N) is 1. The number of hydrogen-bond donors (Lipinski definition) is 0. The summed E-state index contributed by atoms with van der Waals surface area (Å²) >= 11 is 0. The van der Waals surface area contributed by atoms with Gasteiger partial charge in [-0.1, -0.05) is 194 Å². The van der Waals surface area contributed by atoms with E-state index in [0.29, 0.717) is 0 Å². The van der Waals surface area contributed by atoms with Crippen LogP contribution in [0.15, 0.2) is 237 Å². The average Bonchev–Trinajstić information content (AvgIpc) is 3.30. The molecule has 0 bridgehead atoms. The van der Waals surface area contributed by atoms with Crippen molar-refractivity contribution in [1.29, 1.82) is 0 Å². The van der Waals surface area contributed by atoms with Crippen molar-refractivity contribution >= 4 is 38.6 Å². The third-order valence-corrected chi connectivity index (χ3v) is 11.0. The van der Waals surface area contributed by atoms with E-state index < -0.39 is 0 Å². The van der Waals surface area contributed by atoms with Gasteiger partial charge in [0, 0.05) is 16.9 Å². The summed E-state index contributed by atoms with van der Waals surface area (Å²) in [4.78, 5) is 2.44. The Labute approximate surface area is 334 Å². The third-order valence-electron chi connectivity index (χ3n) is 11.0. The van der Waals surface area contributed by atoms with Crippen LogP contribution in [0, 0.1) is 0 Å². The summed E-state index contributed by atoms with van der Waals surface area (Å²) in [6, 6.07) is 85.7. The van der Waals surface area contributed by atoms with E-state index in [1.165, 1.54) is 71.6 Å². The summed E-state index contributed by atoms with van der Waals surface area (Å²) < 4.78 is 0. The zero-order valence-corrected chi connectivity index (χ0v) is 31.5. The highest BCUT2D eigenvalue weighted by molar-refractivity contribution is 6.13. The molecule has 0 heterocycles. The summed E-state index contributed by atoms with van der Waals surface area (Å²) in [5.74, 6) is 0. The van der Waals surface area contributed by atoms with E-state index in [1.807, 2.05) is 0 Å². The molecule has 10 aromatic carbocycles. The van der Waals surface area contributed by atoms with Crippen molar-refractivity contribution in [2.75, 3.05) is 4.90 Å². The number of fused-ring (bicyclic) bond motifs is 3. The number of rotatable bonds is 8. The van der Waals surface area contributed by atoms with Gasteiger partial charge < -0.3 is 4.90 Å². The van der Waals surface area contributed by atoms with Crippen LogP contribution in [0.2, 0.25) is 0 Å². The fourth-order valence-corrected chi connectivity index (χ4v) is 8.33.